The minimum Gasteiger partial charge on any atom is -0.482 e. The molecule has 0 spiro atoms. The predicted molar refractivity (Wildman–Crippen MR) is 183 cm³/mol. The van der Waals surface area contributed by atoms with E-state index in [1.165, 1.54) is 0 Å². The number of hydrogen-bond donors (Lipinski definition) is 2. The molecule has 0 aliphatic carbocycles. The Balaban J connectivity index is 0. The molecule has 2 bridgehead atoms. The van der Waals surface area contributed by atoms with Gasteiger partial charge in [0.15, 0.2) is 12.3 Å². The number of rotatable bonds is 5. The van der Waals surface area contributed by atoms with Gasteiger partial charge in [-0.2, -0.15) is 6.92 Å². The standard InChI is InChI=1S/C36H61NO9.CH3.3Y/c1-14-26-21(4)17-35(9)31(46-34-30(41-13)27(37(11)12)16-22(5)44-34)24(7)29(38)25(8)33(39)45-28(15-2)36(10,40)32(23(26)6)42-18-20(3)19-43-35;;;;/h14,21-24,27-32,34,38,40H,1,3,15-19H2,2,4-13H3;1H3;;;/q-2;-1;;;/t21-,22-,23+,24+,27+,28-,29+,30-,31-,32-,34+,35-,36-;;;;/m1..../s1. The van der Waals surface area contributed by atoms with Crippen molar-refractivity contribution >= 4 is 5.97 Å². The smallest absolute Gasteiger partial charge is 0.185 e. The summed E-state index contributed by atoms with van der Waals surface area (Å²) in [6, 6.07) is 0.0233. The Morgan fingerprint density at radius 1 is 1.14 bits per heavy atom. The molecule has 0 aromatic carbocycles. The van der Waals surface area contributed by atoms with E-state index in [2.05, 4.69) is 25.3 Å². The van der Waals surface area contributed by atoms with Crippen molar-refractivity contribution in [2.45, 2.75) is 135 Å². The third-order valence-electron chi connectivity index (χ3n) is 10.6. The monoisotopic (exact) mass is 933 g/mol. The van der Waals surface area contributed by atoms with Crippen molar-refractivity contribution in [3.8, 4) is 0 Å². The van der Waals surface area contributed by atoms with Gasteiger partial charge in [0.05, 0.1) is 37.1 Å². The summed E-state index contributed by atoms with van der Waals surface area (Å²) in [6.45, 7) is 23.7. The van der Waals surface area contributed by atoms with Crippen LogP contribution in [0.3, 0.4) is 0 Å². The predicted octanol–water partition coefficient (Wildman–Crippen LogP) is 4.73. The van der Waals surface area contributed by atoms with Gasteiger partial charge < -0.3 is 51.0 Å². The van der Waals surface area contributed by atoms with E-state index in [0.29, 0.717) is 18.4 Å². The number of hydrogen-bond acceptors (Lipinski definition) is 10. The van der Waals surface area contributed by atoms with Crippen molar-refractivity contribution in [3.63, 3.8) is 0 Å². The molecule has 13 atom stereocenters. The summed E-state index contributed by atoms with van der Waals surface area (Å²) >= 11 is 0. The van der Waals surface area contributed by atoms with Crippen LogP contribution in [0.1, 0.15) is 74.7 Å². The fraction of sp³-hybridized carbons (Fsp3) is 0.784. The first-order chi connectivity index (χ1) is 21.4. The Kier molecular flexibility index (Phi) is 24.8. The summed E-state index contributed by atoms with van der Waals surface area (Å²) in [4.78, 5) is 15.8. The third kappa shape index (κ3) is 12.3. The Labute approximate surface area is 379 Å². The summed E-state index contributed by atoms with van der Waals surface area (Å²) in [7, 11) is 5.67. The molecule has 0 aromatic rings. The number of cyclic esters (lactones) is 1. The van der Waals surface area contributed by atoms with Gasteiger partial charge in [-0.25, -0.2) is 24.5 Å². The van der Waals surface area contributed by atoms with Gasteiger partial charge in [0.2, 0.25) is 0 Å². The van der Waals surface area contributed by atoms with E-state index in [1.54, 1.807) is 21.0 Å². The Morgan fingerprint density at radius 3 is 2.26 bits per heavy atom. The first-order valence-electron chi connectivity index (χ1n) is 16.8. The molecule has 3 radical (unpaired) electrons. The number of aliphatic hydroxyl groups excluding tert-OH is 1. The minimum absolute atomic E-state index is 0. The van der Waals surface area contributed by atoms with Crippen LogP contribution in [-0.4, -0.2) is 116 Å². The first-order valence-corrected chi connectivity index (χ1v) is 16.8. The zero-order valence-electron chi connectivity index (χ0n) is 32.8. The van der Waals surface area contributed by atoms with Gasteiger partial charge in [-0.05, 0) is 71.7 Å². The average Bonchev–Trinajstić information content (AvgIpc) is 3.00. The minimum atomic E-state index is -1.57. The van der Waals surface area contributed by atoms with E-state index in [1.807, 2.05) is 54.8 Å². The van der Waals surface area contributed by atoms with Gasteiger partial charge in [-0.15, -0.1) is 0 Å². The molecular weight excluding hydrogens is 869 g/mol. The van der Waals surface area contributed by atoms with Gasteiger partial charge in [0.25, 0.3) is 0 Å². The van der Waals surface area contributed by atoms with Crippen LogP contribution < -0.4 is 0 Å². The fourth-order valence-electron chi connectivity index (χ4n) is 7.90. The molecule has 0 aromatic heterocycles. The van der Waals surface area contributed by atoms with Gasteiger partial charge in [-0.3, -0.25) is 4.79 Å². The van der Waals surface area contributed by atoms with Crippen LogP contribution in [0.15, 0.2) is 23.8 Å². The number of allylic oxidation sites excluding steroid dienone is 1. The van der Waals surface area contributed by atoms with Crippen LogP contribution in [0.4, 0.5) is 0 Å². The number of likely N-dealkylation sites (N-methyl/N-ethyl adjacent to an activating group) is 1. The first kappa shape index (κ1) is 53.8. The van der Waals surface area contributed by atoms with Crippen LogP contribution in [0.5, 0.6) is 0 Å². The van der Waals surface area contributed by atoms with Crippen LogP contribution >= 0.6 is 0 Å². The van der Waals surface area contributed by atoms with Gasteiger partial charge in [-0.1, -0.05) is 46.1 Å². The summed E-state index contributed by atoms with van der Waals surface area (Å²) < 4.78 is 38.5. The molecule has 2 N–H and O–H groups in total. The molecule has 3 rings (SSSR count). The quantitative estimate of drug-likeness (QED) is 0.228. The average molecular weight is 934 g/mol. The Hall–Kier alpha value is 1.68. The number of ether oxygens (including phenoxy) is 6. The van der Waals surface area contributed by atoms with Crippen molar-refractivity contribution in [2.24, 2.45) is 17.8 Å². The summed E-state index contributed by atoms with van der Waals surface area (Å²) in [6.07, 6.45) is -1.62. The van der Waals surface area contributed by atoms with E-state index >= 15 is 0 Å². The van der Waals surface area contributed by atoms with Crippen LogP contribution in [0.2, 0.25) is 0 Å². The maximum atomic E-state index is 13.6. The molecule has 0 unspecified atom stereocenters. The van der Waals surface area contributed by atoms with Gasteiger partial charge in [0.1, 0.15) is 17.8 Å². The van der Waals surface area contributed by atoms with Crippen LogP contribution in [0.25, 0.3) is 0 Å². The molecule has 3 saturated heterocycles. The van der Waals surface area contributed by atoms with Crippen LogP contribution in [0, 0.1) is 38.0 Å². The van der Waals surface area contributed by atoms with Crippen molar-refractivity contribution in [1.82, 2.24) is 4.90 Å². The number of esters is 1. The maximum Gasteiger partial charge on any atom is 0.185 e. The van der Waals surface area contributed by atoms with E-state index < -0.39 is 59.9 Å². The second-order valence-corrected chi connectivity index (χ2v) is 14.5. The van der Waals surface area contributed by atoms with Crippen molar-refractivity contribution < 1.29 is 142 Å². The number of carbonyl (C=O) groups excluding carboxylic acids is 1. The molecule has 10 nitrogen and oxygen atoms in total. The number of aliphatic hydroxyl groups is 2. The normalized spacial score (nSPS) is 41.2. The van der Waals surface area contributed by atoms with Crippen LogP contribution in [-0.2, 0) is 131 Å². The number of carbonyl (C=O) groups is 1. The third-order valence-corrected chi connectivity index (χ3v) is 10.6. The van der Waals surface area contributed by atoms with Crippen molar-refractivity contribution in [1.29, 1.82) is 0 Å². The van der Waals surface area contributed by atoms with Gasteiger partial charge >= 0.3 is 0 Å². The number of nitrogens with zero attached hydrogens (tertiary/aromatic N) is 1. The molecule has 3 aliphatic heterocycles. The summed E-state index contributed by atoms with van der Waals surface area (Å²) in [5, 5.41) is 23.9. The molecule has 0 saturated carbocycles. The molecule has 13 heteroatoms. The molecule has 283 valence electrons. The molecule has 0 amide bonds. The summed E-state index contributed by atoms with van der Waals surface area (Å²) in [5.41, 5.74) is -0.954. The van der Waals surface area contributed by atoms with E-state index in [0.717, 1.165) is 12.0 Å². The second-order valence-electron chi connectivity index (χ2n) is 14.5. The molecule has 3 aliphatic rings. The van der Waals surface area contributed by atoms with Crippen molar-refractivity contribution in [2.75, 3.05) is 34.4 Å². The fourth-order valence-corrected chi connectivity index (χ4v) is 7.90. The SMILES string of the molecule is C=C1CO[C@@H]2[C@@H](C)C(=C[CH2-])[C@H](C)C[C@@](C)(OC1)[C@H](O[C@@H]1O[C@H](C)C[C@H](N(C)C)[C@H]1OC)[C@@H](C)[C@H](O)[C-](C)C(=O)O[C@H](CC)[C@@]2(C)O.[CH3-].[Y].[Y].[Y]. The number of fused-ring (bicyclic) bond motifs is 5. The molecule has 3 fully saturated rings. The summed E-state index contributed by atoms with van der Waals surface area (Å²) in [5.74, 6) is -1.64. The zero-order valence-corrected chi connectivity index (χ0v) is 41.3. The van der Waals surface area contributed by atoms with E-state index in [9.17, 15) is 15.0 Å². The molecule has 50 heavy (non-hydrogen) atoms. The van der Waals surface area contributed by atoms with Gasteiger partial charge in [0, 0.05) is 111 Å². The second kappa shape index (κ2) is 23.0. The largest absolute Gasteiger partial charge is 0.482 e. The van der Waals surface area contributed by atoms with E-state index in [4.69, 9.17) is 28.4 Å². The van der Waals surface area contributed by atoms with Crippen molar-refractivity contribution in [3.05, 3.63) is 44.1 Å². The Morgan fingerprint density at radius 2 is 1.74 bits per heavy atom. The zero-order chi connectivity index (χ0) is 34.7. The van der Waals surface area contributed by atoms with E-state index in [-0.39, 0.29) is 149 Å². The molecule has 3 heterocycles. The Bertz CT molecular complexity index is 1080. The number of methoxy groups -OCH3 is 1. The molecular formula is C37H64NO9Y3-3. The topological polar surface area (TPSA) is 116 Å². The maximum absolute atomic E-state index is 13.6.